The van der Waals surface area contributed by atoms with Gasteiger partial charge in [0.15, 0.2) is 5.76 Å². The SMILES string of the molecule is Cc1cn(CCCCN2CCN(C(Cc3ccccc3)C3=COCO3)CC2)c(=O)[nH]c1=O. The van der Waals surface area contributed by atoms with Crippen molar-refractivity contribution in [2.24, 2.45) is 0 Å². The highest BCUT2D eigenvalue weighted by Crippen LogP contribution is 2.22. The molecule has 32 heavy (non-hydrogen) atoms. The molecular formula is C24H32N4O4. The summed E-state index contributed by atoms with van der Waals surface area (Å²) in [4.78, 5) is 30.7. The molecule has 172 valence electrons. The summed E-state index contributed by atoms with van der Waals surface area (Å²) in [7, 11) is 0. The van der Waals surface area contributed by atoms with Crippen molar-refractivity contribution in [3.8, 4) is 0 Å². The highest BCUT2D eigenvalue weighted by atomic mass is 16.7. The first-order valence-corrected chi connectivity index (χ1v) is 11.4. The molecule has 2 aliphatic rings. The molecule has 4 rings (SSSR count). The maximum atomic E-state index is 11.9. The quantitative estimate of drug-likeness (QED) is 0.598. The normalized spacial score (nSPS) is 18.1. The Labute approximate surface area is 188 Å². The van der Waals surface area contributed by atoms with E-state index in [9.17, 15) is 9.59 Å². The van der Waals surface area contributed by atoms with Gasteiger partial charge >= 0.3 is 5.69 Å². The lowest BCUT2D eigenvalue weighted by molar-refractivity contribution is 0.0451. The maximum absolute atomic E-state index is 11.9. The summed E-state index contributed by atoms with van der Waals surface area (Å²) in [6.07, 6.45) is 6.24. The molecule has 0 aliphatic carbocycles. The number of H-pyrrole nitrogens is 1. The molecule has 0 amide bonds. The number of nitrogens with one attached hydrogen (secondary N) is 1. The average molecular weight is 441 g/mol. The van der Waals surface area contributed by atoms with Crippen LogP contribution in [0.1, 0.15) is 24.0 Å². The molecule has 8 nitrogen and oxygen atoms in total. The zero-order valence-corrected chi connectivity index (χ0v) is 18.7. The number of ether oxygens (including phenoxy) is 2. The van der Waals surface area contributed by atoms with E-state index in [0.717, 1.165) is 57.7 Å². The largest absolute Gasteiger partial charge is 0.462 e. The van der Waals surface area contributed by atoms with Crippen LogP contribution < -0.4 is 11.2 Å². The van der Waals surface area contributed by atoms with E-state index >= 15 is 0 Å². The van der Waals surface area contributed by atoms with Crippen LogP contribution in [0, 0.1) is 6.92 Å². The molecule has 2 aliphatic heterocycles. The second-order valence-electron chi connectivity index (χ2n) is 8.50. The number of nitrogens with zero attached hydrogens (tertiary/aromatic N) is 3. The first-order chi connectivity index (χ1) is 15.6. The fourth-order valence-electron chi connectivity index (χ4n) is 4.37. The van der Waals surface area contributed by atoms with Crippen LogP contribution >= 0.6 is 0 Å². The van der Waals surface area contributed by atoms with E-state index in [1.165, 1.54) is 5.56 Å². The Morgan fingerprint density at radius 2 is 1.78 bits per heavy atom. The number of unbranched alkanes of at least 4 members (excludes halogenated alkanes) is 1. The molecule has 2 aromatic rings. The summed E-state index contributed by atoms with van der Waals surface area (Å²) < 4.78 is 12.7. The number of hydrogen-bond donors (Lipinski definition) is 1. The standard InChI is InChI=1S/C24H32N4O4/c1-19-16-28(24(30)25-23(19)29)10-6-5-9-26-11-13-27(14-12-26)21(22-17-31-18-32-22)15-20-7-3-2-4-8-20/h2-4,7-8,16-17,21H,5-6,9-15,18H2,1H3,(H,25,29,30). The Morgan fingerprint density at radius 3 is 2.50 bits per heavy atom. The van der Waals surface area contributed by atoms with E-state index in [1.807, 2.05) is 6.07 Å². The van der Waals surface area contributed by atoms with Gasteiger partial charge in [-0.2, -0.15) is 0 Å². The molecule has 1 aromatic heterocycles. The predicted molar refractivity (Wildman–Crippen MR) is 122 cm³/mol. The fourth-order valence-corrected chi connectivity index (χ4v) is 4.37. The van der Waals surface area contributed by atoms with Crippen LogP contribution in [0.25, 0.3) is 0 Å². The lowest BCUT2D eigenvalue weighted by Gasteiger charge is -2.39. The Morgan fingerprint density at radius 1 is 1.03 bits per heavy atom. The van der Waals surface area contributed by atoms with Gasteiger partial charge in [0, 0.05) is 44.5 Å². The molecule has 1 atom stereocenters. The van der Waals surface area contributed by atoms with E-state index < -0.39 is 0 Å². The average Bonchev–Trinajstić information content (AvgIpc) is 3.34. The van der Waals surface area contributed by atoms with Crippen molar-refractivity contribution in [2.45, 2.75) is 38.8 Å². The third-order valence-electron chi connectivity index (χ3n) is 6.25. The second kappa shape index (κ2) is 10.7. The van der Waals surface area contributed by atoms with Gasteiger partial charge in [0.2, 0.25) is 6.79 Å². The number of aromatic amines is 1. The molecule has 1 aromatic carbocycles. The van der Waals surface area contributed by atoms with Gasteiger partial charge in [-0.3, -0.25) is 14.7 Å². The molecule has 0 radical (unpaired) electrons. The van der Waals surface area contributed by atoms with Crippen molar-refractivity contribution in [1.29, 1.82) is 0 Å². The lowest BCUT2D eigenvalue weighted by atomic mass is 10.0. The van der Waals surface area contributed by atoms with Crippen molar-refractivity contribution >= 4 is 0 Å². The molecular weight excluding hydrogens is 408 g/mol. The van der Waals surface area contributed by atoms with Crippen LogP contribution in [-0.2, 0) is 22.4 Å². The van der Waals surface area contributed by atoms with E-state index in [2.05, 4.69) is 39.0 Å². The first kappa shape index (κ1) is 22.4. The van der Waals surface area contributed by atoms with Gasteiger partial charge < -0.3 is 18.9 Å². The number of benzene rings is 1. The summed E-state index contributed by atoms with van der Waals surface area (Å²) in [5.41, 5.74) is 1.23. The Balaban J connectivity index is 1.25. The lowest BCUT2D eigenvalue weighted by Crippen LogP contribution is -2.51. The summed E-state index contributed by atoms with van der Waals surface area (Å²) in [5.74, 6) is 0.920. The second-order valence-corrected chi connectivity index (χ2v) is 8.50. The first-order valence-electron chi connectivity index (χ1n) is 11.4. The third-order valence-corrected chi connectivity index (χ3v) is 6.25. The minimum absolute atomic E-state index is 0.192. The highest BCUT2D eigenvalue weighted by molar-refractivity contribution is 5.19. The topological polar surface area (TPSA) is 79.8 Å². The van der Waals surface area contributed by atoms with Crippen LogP contribution in [0.3, 0.4) is 0 Å². The van der Waals surface area contributed by atoms with Gasteiger partial charge in [0.1, 0.15) is 6.26 Å². The maximum Gasteiger partial charge on any atom is 0.328 e. The van der Waals surface area contributed by atoms with Crippen LogP contribution in [0.5, 0.6) is 0 Å². The van der Waals surface area contributed by atoms with Crippen LogP contribution in [-0.4, -0.2) is 64.9 Å². The molecule has 1 fully saturated rings. The van der Waals surface area contributed by atoms with Gasteiger partial charge in [-0.1, -0.05) is 30.3 Å². The minimum atomic E-state index is -0.328. The van der Waals surface area contributed by atoms with E-state index in [1.54, 1.807) is 23.9 Å². The molecule has 3 heterocycles. The molecule has 0 saturated carbocycles. The smallest absolute Gasteiger partial charge is 0.328 e. The molecule has 8 heteroatoms. The Kier molecular flexibility index (Phi) is 7.44. The van der Waals surface area contributed by atoms with Crippen molar-refractivity contribution in [3.05, 3.63) is 80.5 Å². The van der Waals surface area contributed by atoms with Crippen LogP contribution in [0.4, 0.5) is 0 Å². The number of piperazine rings is 1. The summed E-state index contributed by atoms with van der Waals surface area (Å²) in [6, 6.07) is 10.7. The number of rotatable bonds is 9. The van der Waals surface area contributed by atoms with Crippen molar-refractivity contribution in [3.63, 3.8) is 0 Å². The predicted octanol–water partition coefficient (Wildman–Crippen LogP) is 1.70. The van der Waals surface area contributed by atoms with Gasteiger partial charge in [-0.25, -0.2) is 4.79 Å². The summed E-state index contributed by atoms with van der Waals surface area (Å²) in [6.45, 7) is 7.65. The van der Waals surface area contributed by atoms with Crippen LogP contribution in [0.2, 0.25) is 0 Å². The zero-order chi connectivity index (χ0) is 22.3. The minimum Gasteiger partial charge on any atom is -0.462 e. The summed E-state index contributed by atoms with van der Waals surface area (Å²) >= 11 is 0. The van der Waals surface area contributed by atoms with Gasteiger partial charge in [-0.15, -0.1) is 0 Å². The van der Waals surface area contributed by atoms with E-state index in [0.29, 0.717) is 18.9 Å². The Hall–Kier alpha value is -2.84. The zero-order valence-electron chi connectivity index (χ0n) is 18.7. The van der Waals surface area contributed by atoms with Crippen LogP contribution in [0.15, 0.2) is 58.1 Å². The molecule has 0 bridgehead atoms. The number of aryl methyl sites for hydroxylation is 2. The molecule has 1 unspecified atom stereocenters. The van der Waals surface area contributed by atoms with Gasteiger partial charge in [0.25, 0.3) is 5.56 Å². The van der Waals surface area contributed by atoms with E-state index in [4.69, 9.17) is 9.47 Å². The molecule has 1 saturated heterocycles. The van der Waals surface area contributed by atoms with Gasteiger partial charge in [-0.05, 0) is 38.3 Å². The summed E-state index contributed by atoms with van der Waals surface area (Å²) in [5, 5.41) is 0. The van der Waals surface area contributed by atoms with E-state index in [-0.39, 0.29) is 17.3 Å². The third kappa shape index (κ3) is 5.69. The number of aromatic nitrogens is 2. The monoisotopic (exact) mass is 440 g/mol. The number of hydrogen-bond acceptors (Lipinski definition) is 6. The Bertz CT molecular complexity index is 1020. The van der Waals surface area contributed by atoms with Gasteiger partial charge in [0.05, 0.1) is 6.04 Å². The van der Waals surface area contributed by atoms with Crippen molar-refractivity contribution < 1.29 is 9.47 Å². The van der Waals surface area contributed by atoms with Crippen molar-refractivity contribution in [2.75, 3.05) is 39.5 Å². The molecule has 0 spiro atoms. The highest BCUT2D eigenvalue weighted by Gasteiger charge is 2.29. The van der Waals surface area contributed by atoms with Crippen molar-refractivity contribution in [1.82, 2.24) is 19.4 Å². The fraction of sp³-hybridized carbons (Fsp3) is 0.500. The molecule has 1 N–H and O–H groups in total.